The molecule has 0 N–H and O–H groups in total. The second-order valence-electron chi connectivity index (χ2n) is 4.50. The van der Waals surface area contributed by atoms with Gasteiger partial charge in [0.05, 0.1) is 0 Å². The molecule has 0 bridgehead atoms. The Balaban J connectivity index is 2.64. The van der Waals surface area contributed by atoms with Crippen LogP contribution in [-0.2, 0) is 0 Å². The van der Waals surface area contributed by atoms with Crippen LogP contribution in [0.1, 0.15) is 27.0 Å². The SMILES string of the molecule is Cc1cc(Br)cc(C(=O)c2cc(Br)cc(C)c2Br)c1Br. The number of hydrogen-bond donors (Lipinski definition) is 0. The maximum Gasteiger partial charge on any atom is 0.195 e. The van der Waals surface area contributed by atoms with Gasteiger partial charge < -0.3 is 0 Å². The minimum atomic E-state index is -0.0162. The molecule has 1 nitrogen and oxygen atoms in total. The van der Waals surface area contributed by atoms with Crippen molar-refractivity contribution in [1.29, 1.82) is 0 Å². The predicted octanol–water partition coefficient (Wildman–Crippen LogP) is 6.58. The summed E-state index contributed by atoms with van der Waals surface area (Å²) in [7, 11) is 0. The first-order valence-corrected chi connectivity index (χ1v) is 8.94. The van der Waals surface area contributed by atoms with Crippen LogP contribution < -0.4 is 0 Å². The van der Waals surface area contributed by atoms with Crippen molar-refractivity contribution in [2.24, 2.45) is 0 Å². The Morgan fingerprint density at radius 1 is 0.750 bits per heavy atom. The average Bonchev–Trinajstić information content (AvgIpc) is 2.37. The van der Waals surface area contributed by atoms with E-state index < -0.39 is 0 Å². The third-order valence-electron chi connectivity index (χ3n) is 2.93. The van der Waals surface area contributed by atoms with Gasteiger partial charge in [0.25, 0.3) is 0 Å². The van der Waals surface area contributed by atoms with Gasteiger partial charge in [-0.3, -0.25) is 4.79 Å². The summed E-state index contributed by atoms with van der Waals surface area (Å²) in [6.45, 7) is 3.93. The number of carbonyl (C=O) groups is 1. The van der Waals surface area contributed by atoms with Crippen LogP contribution in [0, 0.1) is 13.8 Å². The zero-order chi connectivity index (χ0) is 15.0. The summed E-state index contributed by atoms with van der Waals surface area (Å²) in [4.78, 5) is 12.8. The molecule has 0 saturated carbocycles. The molecule has 2 aromatic carbocycles. The molecule has 0 heterocycles. The summed E-state index contributed by atoms with van der Waals surface area (Å²) in [6.07, 6.45) is 0. The molecule has 0 aromatic heterocycles. The molecule has 0 amide bonds. The Kier molecular flexibility index (Phi) is 5.27. The van der Waals surface area contributed by atoms with Gasteiger partial charge in [0.15, 0.2) is 5.78 Å². The average molecular weight is 526 g/mol. The quantitative estimate of drug-likeness (QED) is 0.405. The van der Waals surface area contributed by atoms with Crippen LogP contribution in [-0.4, -0.2) is 5.78 Å². The normalized spacial score (nSPS) is 10.7. The lowest BCUT2D eigenvalue weighted by molar-refractivity contribution is 0.103. The summed E-state index contributed by atoms with van der Waals surface area (Å²) in [5, 5.41) is 0. The smallest absolute Gasteiger partial charge is 0.195 e. The van der Waals surface area contributed by atoms with E-state index in [1.54, 1.807) is 0 Å². The van der Waals surface area contributed by atoms with Crippen molar-refractivity contribution < 1.29 is 4.79 Å². The molecular formula is C15H10Br4O. The maximum absolute atomic E-state index is 12.8. The Morgan fingerprint density at radius 2 is 1.10 bits per heavy atom. The summed E-state index contributed by atoms with van der Waals surface area (Å²) in [6, 6.07) is 7.62. The van der Waals surface area contributed by atoms with E-state index in [2.05, 4.69) is 63.7 Å². The minimum absolute atomic E-state index is 0.0162. The highest BCUT2D eigenvalue weighted by Crippen LogP contribution is 2.32. The third-order valence-corrected chi connectivity index (χ3v) is 5.95. The zero-order valence-electron chi connectivity index (χ0n) is 10.7. The largest absolute Gasteiger partial charge is 0.289 e. The van der Waals surface area contributed by atoms with Gasteiger partial charge in [-0.05, 0) is 81.1 Å². The molecule has 2 aromatic rings. The van der Waals surface area contributed by atoms with E-state index in [0.29, 0.717) is 11.1 Å². The second kappa shape index (κ2) is 6.42. The minimum Gasteiger partial charge on any atom is -0.289 e. The predicted molar refractivity (Wildman–Crippen MR) is 96.6 cm³/mol. The molecule has 0 aliphatic rings. The van der Waals surface area contributed by atoms with Crippen LogP contribution >= 0.6 is 63.7 Å². The number of ketones is 1. The fourth-order valence-corrected chi connectivity index (χ4v) is 3.89. The Bertz CT molecular complexity index is 648. The van der Waals surface area contributed by atoms with Gasteiger partial charge in [0.2, 0.25) is 0 Å². The van der Waals surface area contributed by atoms with Crippen molar-refractivity contribution in [3.05, 3.63) is 64.4 Å². The molecule has 20 heavy (non-hydrogen) atoms. The van der Waals surface area contributed by atoms with E-state index in [-0.39, 0.29) is 5.78 Å². The molecule has 5 heteroatoms. The molecule has 0 unspecified atom stereocenters. The fourth-order valence-electron chi connectivity index (χ4n) is 1.93. The third kappa shape index (κ3) is 3.26. The lowest BCUT2D eigenvalue weighted by atomic mass is 10.0. The van der Waals surface area contributed by atoms with E-state index >= 15 is 0 Å². The monoisotopic (exact) mass is 522 g/mol. The van der Waals surface area contributed by atoms with E-state index in [9.17, 15) is 4.79 Å². The highest BCUT2D eigenvalue weighted by atomic mass is 79.9. The van der Waals surface area contributed by atoms with Crippen LogP contribution in [0.2, 0.25) is 0 Å². The van der Waals surface area contributed by atoms with Gasteiger partial charge in [0.1, 0.15) is 0 Å². The van der Waals surface area contributed by atoms with E-state index in [0.717, 1.165) is 29.0 Å². The number of carbonyl (C=O) groups excluding carboxylic acids is 1. The van der Waals surface area contributed by atoms with Gasteiger partial charge in [-0.25, -0.2) is 0 Å². The van der Waals surface area contributed by atoms with Gasteiger partial charge in [-0.15, -0.1) is 0 Å². The zero-order valence-corrected chi connectivity index (χ0v) is 17.1. The molecule has 0 aliphatic heterocycles. The lowest BCUT2D eigenvalue weighted by Gasteiger charge is -2.11. The number of halogens is 4. The topological polar surface area (TPSA) is 17.1 Å². The van der Waals surface area contributed by atoms with Crippen LogP contribution in [0.5, 0.6) is 0 Å². The van der Waals surface area contributed by atoms with Crippen molar-refractivity contribution in [1.82, 2.24) is 0 Å². The van der Waals surface area contributed by atoms with Gasteiger partial charge in [-0.2, -0.15) is 0 Å². The Morgan fingerprint density at radius 3 is 1.45 bits per heavy atom. The summed E-state index contributed by atoms with van der Waals surface area (Å²) >= 11 is 13.9. The van der Waals surface area contributed by atoms with Crippen LogP contribution in [0.25, 0.3) is 0 Å². The van der Waals surface area contributed by atoms with Crippen molar-refractivity contribution in [3.63, 3.8) is 0 Å². The highest BCUT2D eigenvalue weighted by Gasteiger charge is 2.19. The molecule has 104 valence electrons. The van der Waals surface area contributed by atoms with E-state index in [1.165, 1.54) is 0 Å². The molecule has 0 fully saturated rings. The van der Waals surface area contributed by atoms with E-state index in [1.807, 2.05) is 38.1 Å². The van der Waals surface area contributed by atoms with Crippen LogP contribution in [0.15, 0.2) is 42.2 Å². The first-order chi connectivity index (χ1) is 9.31. The van der Waals surface area contributed by atoms with Crippen LogP contribution in [0.4, 0.5) is 0 Å². The molecular weight excluding hydrogens is 516 g/mol. The van der Waals surface area contributed by atoms with Crippen LogP contribution in [0.3, 0.4) is 0 Å². The fraction of sp³-hybridized carbons (Fsp3) is 0.133. The summed E-state index contributed by atoms with van der Waals surface area (Å²) in [5.74, 6) is -0.0162. The Hall–Kier alpha value is 0.0300. The van der Waals surface area contributed by atoms with Gasteiger partial charge in [0, 0.05) is 29.0 Å². The molecule has 0 saturated heterocycles. The Labute approximate surface area is 151 Å². The number of aryl methyl sites for hydroxylation is 2. The first kappa shape index (κ1) is 16.4. The van der Waals surface area contributed by atoms with Gasteiger partial charge in [-0.1, -0.05) is 31.9 Å². The molecule has 0 atom stereocenters. The van der Waals surface area contributed by atoms with Gasteiger partial charge >= 0.3 is 0 Å². The lowest BCUT2D eigenvalue weighted by Crippen LogP contribution is -2.05. The van der Waals surface area contributed by atoms with Crippen molar-refractivity contribution >= 4 is 69.5 Å². The first-order valence-electron chi connectivity index (χ1n) is 5.77. The number of hydrogen-bond acceptors (Lipinski definition) is 1. The van der Waals surface area contributed by atoms with Crippen molar-refractivity contribution in [2.45, 2.75) is 13.8 Å². The number of rotatable bonds is 2. The summed E-state index contributed by atoms with van der Waals surface area (Å²) < 4.78 is 3.44. The highest BCUT2D eigenvalue weighted by molar-refractivity contribution is 9.11. The molecule has 2 rings (SSSR count). The number of benzene rings is 2. The molecule has 0 radical (unpaired) electrons. The second-order valence-corrected chi connectivity index (χ2v) is 7.91. The van der Waals surface area contributed by atoms with E-state index in [4.69, 9.17) is 0 Å². The van der Waals surface area contributed by atoms with Crippen molar-refractivity contribution in [2.75, 3.05) is 0 Å². The molecule has 0 aliphatic carbocycles. The standard InChI is InChI=1S/C15H10Br4O/c1-7-3-9(16)5-11(13(7)18)15(20)12-6-10(17)4-8(2)14(12)19/h3-6H,1-2H3. The summed E-state index contributed by atoms with van der Waals surface area (Å²) in [5.41, 5.74) is 3.33. The molecule has 0 spiro atoms. The maximum atomic E-state index is 12.8. The van der Waals surface area contributed by atoms with Crippen molar-refractivity contribution in [3.8, 4) is 0 Å².